The van der Waals surface area contributed by atoms with Gasteiger partial charge in [0.1, 0.15) is 23.8 Å². The molecule has 1 aromatic carbocycles. The van der Waals surface area contributed by atoms with E-state index in [4.69, 9.17) is 21.1 Å². The number of ether oxygens (including phenoxy) is 2. The highest BCUT2D eigenvalue weighted by Crippen LogP contribution is 2.17. The van der Waals surface area contributed by atoms with Crippen LogP contribution in [0.1, 0.15) is 10.5 Å². The van der Waals surface area contributed by atoms with Crippen LogP contribution in [0.2, 0.25) is 5.02 Å². The Bertz CT molecular complexity index is 595. The molecule has 0 saturated heterocycles. The van der Waals surface area contributed by atoms with Crippen LogP contribution in [0, 0.1) is 0 Å². The zero-order valence-corrected chi connectivity index (χ0v) is 12.7. The largest absolute Gasteiger partial charge is 0.497 e. The minimum absolute atomic E-state index is 0.125. The number of carbonyl (C=O) groups excluding carboxylic acids is 1. The average Bonchev–Trinajstić information content (AvgIpc) is 2.93. The van der Waals surface area contributed by atoms with E-state index in [1.54, 1.807) is 31.3 Å². The third-order valence-electron chi connectivity index (χ3n) is 2.98. The second kappa shape index (κ2) is 7.04. The molecule has 1 amide bonds. The minimum atomic E-state index is -0.125. The number of rotatable bonds is 6. The highest BCUT2D eigenvalue weighted by atomic mass is 35.5. The Morgan fingerprint density at radius 3 is 2.52 bits per heavy atom. The molecule has 0 spiro atoms. The van der Waals surface area contributed by atoms with E-state index in [1.165, 1.54) is 0 Å². The van der Waals surface area contributed by atoms with Gasteiger partial charge in [-0.15, -0.1) is 0 Å². The lowest BCUT2D eigenvalue weighted by Crippen LogP contribution is -2.31. The number of halogens is 1. The Kier molecular flexibility index (Phi) is 5.11. The van der Waals surface area contributed by atoms with E-state index in [1.807, 2.05) is 24.3 Å². The number of hydrogen-bond acceptors (Lipinski definition) is 3. The van der Waals surface area contributed by atoms with Crippen LogP contribution in [0.4, 0.5) is 0 Å². The number of aromatic nitrogens is 1. The zero-order valence-electron chi connectivity index (χ0n) is 11.9. The summed E-state index contributed by atoms with van der Waals surface area (Å²) in [5.41, 5.74) is 0.465. The summed E-state index contributed by atoms with van der Waals surface area (Å²) in [4.78, 5) is 16.5. The maximum atomic E-state index is 12.0. The molecule has 5 nitrogen and oxygen atoms in total. The normalized spacial score (nSPS) is 10.2. The first-order valence-corrected chi connectivity index (χ1v) is 6.84. The van der Waals surface area contributed by atoms with Crippen molar-refractivity contribution < 1.29 is 14.3 Å². The molecule has 0 unspecified atom stereocenters. The summed E-state index contributed by atoms with van der Waals surface area (Å²) in [6, 6.07) is 8.90. The van der Waals surface area contributed by atoms with Gasteiger partial charge >= 0.3 is 0 Å². The SMILES string of the molecule is COc1ccc(OCCN(C)C(=O)c2cc(Cl)c[nH]2)cc1. The lowest BCUT2D eigenvalue weighted by Gasteiger charge is -2.16. The summed E-state index contributed by atoms with van der Waals surface area (Å²) in [6.07, 6.45) is 1.58. The highest BCUT2D eigenvalue weighted by Gasteiger charge is 2.13. The summed E-state index contributed by atoms with van der Waals surface area (Å²) < 4.78 is 10.7. The zero-order chi connectivity index (χ0) is 15.2. The van der Waals surface area contributed by atoms with E-state index in [0.717, 1.165) is 11.5 Å². The second-order valence-corrected chi connectivity index (χ2v) is 4.92. The van der Waals surface area contributed by atoms with E-state index >= 15 is 0 Å². The van der Waals surface area contributed by atoms with Crippen LogP contribution < -0.4 is 9.47 Å². The molecule has 0 bridgehead atoms. The van der Waals surface area contributed by atoms with Gasteiger partial charge in [0.25, 0.3) is 5.91 Å². The maximum Gasteiger partial charge on any atom is 0.270 e. The van der Waals surface area contributed by atoms with Crippen molar-refractivity contribution in [3.05, 3.63) is 47.2 Å². The quantitative estimate of drug-likeness (QED) is 0.893. The first kappa shape index (κ1) is 15.3. The van der Waals surface area contributed by atoms with Crippen molar-refractivity contribution in [2.24, 2.45) is 0 Å². The summed E-state index contributed by atoms with van der Waals surface area (Å²) in [6.45, 7) is 0.879. The molecular formula is C15H17ClN2O3. The molecule has 0 atom stereocenters. The fourth-order valence-electron chi connectivity index (χ4n) is 1.77. The number of hydrogen-bond donors (Lipinski definition) is 1. The Morgan fingerprint density at radius 2 is 1.95 bits per heavy atom. The van der Waals surface area contributed by atoms with E-state index in [2.05, 4.69) is 4.98 Å². The van der Waals surface area contributed by atoms with Gasteiger partial charge in [0.2, 0.25) is 0 Å². The molecule has 112 valence electrons. The molecule has 6 heteroatoms. The lowest BCUT2D eigenvalue weighted by molar-refractivity contribution is 0.0768. The highest BCUT2D eigenvalue weighted by molar-refractivity contribution is 6.30. The van der Waals surface area contributed by atoms with Crippen LogP contribution in [0.25, 0.3) is 0 Å². The van der Waals surface area contributed by atoms with Crippen molar-refractivity contribution in [1.82, 2.24) is 9.88 Å². The molecule has 21 heavy (non-hydrogen) atoms. The monoisotopic (exact) mass is 308 g/mol. The molecule has 0 saturated carbocycles. The van der Waals surface area contributed by atoms with Crippen LogP contribution >= 0.6 is 11.6 Å². The molecule has 0 aliphatic carbocycles. The van der Waals surface area contributed by atoms with Gasteiger partial charge in [-0.1, -0.05) is 11.6 Å². The first-order valence-electron chi connectivity index (χ1n) is 6.46. The molecule has 0 aliphatic heterocycles. The van der Waals surface area contributed by atoms with E-state index in [-0.39, 0.29) is 5.91 Å². The summed E-state index contributed by atoms with van der Waals surface area (Å²) in [7, 11) is 3.33. The third-order valence-corrected chi connectivity index (χ3v) is 3.20. The number of H-pyrrole nitrogens is 1. The van der Waals surface area contributed by atoms with Gasteiger partial charge < -0.3 is 19.4 Å². The van der Waals surface area contributed by atoms with Gasteiger partial charge in [-0.25, -0.2) is 0 Å². The van der Waals surface area contributed by atoms with E-state index < -0.39 is 0 Å². The number of aromatic amines is 1. The number of methoxy groups -OCH3 is 1. The molecule has 0 fully saturated rings. The van der Waals surface area contributed by atoms with Crippen LogP contribution in [-0.4, -0.2) is 43.1 Å². The predicted molar refractivity (Wildman–Crippen MR) is 81.3 cm³/mol. The number of carbonyl (C=O) groups is 1. The molecule has 0 aliphatic rings. The topological polar surface area (TPSA) is 54.6 Å². The Balaban J connectivity index is 1.80. The van der Waals surface area contributed by atoms with Crippen molar-refractivity contribution >= 4 is 17.5 Å². The number of nitrogens with zero attached hydrogens (tertiary/aromatic N) is 1. The molecule has 0 radical (unpaired) electrons. The van der Waals surface area contributed by atoms with Crippen LogP contribution in [0.5, 0.6) is 11.5 Å². The Labute approximate surface area is 128 Å². The van der Waals surface area contributed by atoms with Crippen molar-refractivity contribution in [2.45, 2.75) is 0 Å². The number of likely N-dealkylation sites (N-methyl/N-ethyl adjacent to an activating group) is 1. The molecule has 1 N–H and O–H groups in total. The summed E-state index contributed by atoms with van der Waals surface area (Å²) in [5, 5.41) is 0.515. The second-order valence-electron chi connectivity index (χ2n) is 4.48. The number of nitrogens with one attached hydrogen (secondary N) is 1. The van der Waals surface area contributed by atoms with Gasteiger partial charge in [-0.3, -0.25) is 4.79 Å². The van der Waals surface area contributed by atoms with Crippen LogP contribution in [-0.2, 0) is 0 Å². The maximum absolute atomic E-state index is 12.0. The lowest BCUT2D eigenvalue weighted by atomic mass is 10.3. The van der Waals surface area contributed by atoms with Crippen molar-refractivity contribution in [3.8, 4) is 11.5 Å². The standard InChI is InChI=1S/C15H17ClN2O3/c1-18(15(19)14-9-11(16)10-17-14)7-8-21-13-5-3-12(20-2)4-6-13/h3-6,9-10,17H,7-8H2,1-2H3. The fourth-order valence-corrected chi connectivity index (χ4v) is 1.93. The first-order chi connectivity index (χ1) is 10.1. The molecule has 2 aromatic rings. The predicted octanol–water partition coefficient (Wildman–Crippen LogP) is 2.83. The minimum Gasteiger partial charge on any atom is -0.497 e. The van der Waals surface area contributed by atoms with E-state index in [9.17, 15) is 4.79 Å². The summed E-state index contributed by atoms with van der Waals surface area (Å²) >= 11 is 5.78. The Hall–Kier alpha value is -2.14. The Morgan fingerprint density at radius 1 is 1.29 bits per heavy atom. The van der Waals surface area contributed by atoms with E-state index in [0.29, 0.717) is 23.9 Å². The van der Waals surface area contributed by atoms with Gasteiger partial charge in [0.15, 0.2) is 0 Å². The molecular weight excluding hydrogens is 292 g/mol. The van der Waals surface area contributed by atoms with Crippen molar-refractivity contribution in [2.75, 3.05) is 27.3 Å². The summed E-state index contributed by atoms with van der Waals surface area (Å²) in [5.74, 6) is 1.39. The average molecular weight is 309 g/mol. The van der Waals surface area contributed by atoms with Gasteiger partial charge in [-0.05, 0) is 30.3 Å². The van der Waals surface area contributed by atoms with Gasteiger partial charge in [0.05, 0.1) is 18.7 Å². The molecule has 1 aromatic heterocycles. The van der Waals surface area contributed by atoms with Crippen molar-refractivity contribution in [3.63, 3.8) is 0 Å². The van der Waals surface area contributed by atoms with Gasteiger partial charge in [-0.2, -0.15) is 0 Å². The molecule has 1 heterocycles. The van der Waals surface area contributed by atoms with Crippen molar-refractivity contribution in [1.29, 1.82) is 0 Å². The number of benzene rings is 1. The fraction of sp³-hybridized carbons (Fsp3) is 0.267. The third kappa shape index (κ3) is 4.16. The van der Waals surface area contributed by atoms with Crippen LogP contribution in [0.3, 0.4) is 0 Å². The number of amides is 1. The van der Waals surface area contributed by atoms with Crippen LogP contribution in [0.15, 0.2) is 36.5 Å². The smallest absolute Gasteiger partial charge is 0.270 e. The van der Waals surface area contributed by atoms with Gasteiger partial charge in [0, 0.05) is 13.2 Å². The molecule has 2 rings (SSSR count).